The van der Waals surface area contributed by atoms with Gasteiger partial charge in [-0.05, 0) is 30.7 Å². The Morgan fingerprint density at radius 2 is 2.18 bits per heavy atom. The number of cyclic esters (lactones) is 1. The number of rotatable bonds is 6. The molecule has 176 valence electrons. The number of hydrogen-bond acceptors (Lipinski definition) is 7. The molecule has 3 aromatic rings. The fourth-order valence-electron chi connectivity index (χ4n) is 4.32. The Balaban J connectivity index is 1.25. The molecule has 2 amide bonds. The zero-order valence-corrected chi connectivity index (χ0v) is 18.6. The van der Waals surface area contributed by atoms with E-state index in [-0.39, 0.29) is 25.0 Å². The van der Waals surface area contributed by atoms with Crippen LogP contribution in [-0.4, -0.2) is 64.0 Å². The normalized spacial score (nSPS) is 20.0. The lowest BCUT2D eigenvalue weighted by Gasteiger charge is -2.21. The molecule has 2 aliphatic rings. The van der Waals surface area contributed by atoms with Crippen LogP contribution < -0.4 is 15.1 Å². The Bertz CT molecular complexity index is 1200. The molecule has 2 aliphatic heterocycles. The molecule has 1 aromatic carbocycles. The van der Waals surface area contributed by atoms with Crippen molar-refractivity contribution in [2.45, 2.75) is 25.5 Å². The van der Waals surface area contributed by atoms with Gasteiger partial charge in [-0.2, -0.15) is 5.10 Å². The topological polar surface area (TPSA) is 105 Å². The molecule has 2 atom stereocenters. The number of halogens is 1. The van der Waals surface area contributed by atoms with Gasteiger partial charge in [-0.3, -0.25) is 14.4 Å². The molecule has 0 spiro atoms. The van der Waals surface area contributed by atoms with Crippen LogP contribution in [0.1, 0.15) is 19.4 Å². The van der Waals surface area contributed by atoms with E-state index < -0.39 is 18.0 Å². The first-order valence-corrected chi connectivity index (χ1v) is 11.1. The Morgan fingerprint density at radius 3 is 2.94 bits per heavy atom. The van der Waals surface area contributed by atoms with Gasteiger partial charge in [0.25, 0.3) is 0 Å². The van der Waals surface area contributed by atoms with Crippen molar-refractivity contribution >= 4 is 23.4 Å². The summed E-state index contributed by atoms with van der Waals surface area (Å²) in [5, 5.41) is 7.11. The Hall–Kier alpha value is -4.02. The van der Waals surface area contributed by atoms with Crippen LogP contribution in [0.4, 0.5) is 20.6 Å². The van der Waals surface area contributed by atoms with Gasteiger partial charge in [-0.1, -0.05) is 0 Å². The number of hydrogen-bond donors (Lipinski definition) is 1. The van der Waals surface area contributed by atoms with Crippen LogP contribution in [0.3, 0.4) is 0 Å². The minimum atomic E-state index is -0.554. The van der Waals surface area contributed by atoms with E-state index in [1.807, 2.05) is 21.8 Å². The first-order valence-electron chi connectivity index (χ1n) is 11.1. The number of ether oxygens (including phenoxy) is 1. The van der Waals surface area contributed by atoms with Crippen LogP contribution in [0.5, 0.6) is 0 Å². The van der Waals surface area contributed by atoms with E-state index in [0.29, 0.717) is 24.5 Å². The van der Waals surface area contributed by atoms with Gasteiger partial charge >= 0.3 is 6.09 Å². The zero-order valence-electron chi connectivity index (χ0n) is 18.6. The summed E-state index contributed by atoms with van der Waals surface area (Å²) in [5.74, 6) is -0.604. The van der Waals surface area contributed by atoms with E-state index in [1.54, 1.807) is 24.5 Å². The summed E-state index contributed by atoms with van der Waals surface area (Å²) < 4.78 is 22.2. The Kier molecular flexibility index (Phi) is 5.83. The maximum atomic E-state index is 15.1. The largest absolute Gasteiger partial charge is 0.442 e. The molecular weight excluding hydrogens is 441 g/mol. The van der Waals surface area contributed by atoms with Crippen LogP contribution in [-0.2, 0) is 9.53 Å². The number of aromatic nitrogens is 4. The van der Waals surface area contributed by atoms with E-state index in [9.17, 15) is 9.59 Å². The van der Waals surface area contributed by atoms with Crippen LogP contribution >= 0.6 is 0 Å². The number of carbonyl (C=O) groups is 2. The average Bonchev–Trinajstić information content (AvgIpc) is 3.58. The number of anilines is 2. The molecule has 1 N–H and O–H groups in total. The summed E-state index contributed by atoms with van der Waals surface area (Å²) in [4.78, 5) is 34.9. The lowest BCUT2D eigenvalue weighted by atomic mass is 10.2. The standard InChI is InChI=1S/C23H24FN7O3/c1-15(32)26-10-19-13-30(23(33)34-19)17-2-3-22(20(24)8-17)29-7-5-18(12-29)31-11-16(9-28-31)21-4-6-25-14-27-21/h2-4,6,8-9,11,14,18-19H,5,7,10,12-13H2,1H3,(H,26,32). The first-order chi connectivity index (χ1) is 16.5. The maximum absolute atomic E-state index is 15.1. The number of nitrogens with zero attached hydrogens (tertiary/aromatic N) is 6. The second-order valence-electron chi connectivity index (χ2n) is 8.38. The van der Waals surface area contributed by atoms with Gasteiger partial charge in [0.1, 0.15) is 18.2 Å². The fraction of sp³-hybridized carbons (Fsp3) is 0.348. The first kappa shape index (κ1) is 21.8. The minimum absolute atomic E-state index is 0.109. The Labute approximate surface area is 195 Å². The van der Waals surface area contributed by atoms with Crippen molar-refractivity contribution in [1.29, 1.82) is 0 Å². The molecule has 10 nitrogen and oxygen atoms in total. The molecule has 0 bridgehead atoms. The third kappa shape index (κ3) is 4.41. The predicted octanol–water partition coefficient (Wildman–Crippen LogP) is 2.39. The number of benzene rings is 1. The molecule has 4 heterocycles. The second-order valence-corrected chi connectivity index (χ2v) is 8.38. The molecule has 2 aromatic heterocycles. The summed E-state index contributed by atoms with van der Waals surface area (Å²) in [7, 11) is 0. The van der Waals surface area contributed by atoms with Gasteiger partial charge < -0.3 is 15.0 Å². The van der Waals surface area contributed by atoms with Gasteiger partial charge in [-0.25, -0.2) is 19.2 Å². The summed E-state index contributed by atoms with van der Waals surface area (Å²) in [6.07, 6.45) is 6.72. The third-order valence-corrected chi connectivity index (χ3v) is 6.05. The zero-order chi connectivity index (χ0) is 23.7. The molecule has 11 heteroatoms. The third-order valence-electron chi connectivity index (χ3n) is 6.05. The van der Waals surface area contributed by atoms with Crippen LogP contribution in [0.15, 0.2) is 49.2 Å². The SMILES string of the molecule is CC(=O)NCC1CN(c2ccc(N3CCC(n4cc(-c5ccncn5)cn4)C3)c(F)c2)C(=O)O1. The summed E-state index contributed by atoms with van der Waals surface area (Å²) in [5.41, 5.74) is 2.62. The number of amides is 2. The molecule has 2 fully saturated rings. The van der Waals surface area contributed by atoms with Gasteiger partial charge in [0.05, 0.1) is 42.4 Å². The van der Waals surface area contributed by atoms with Crippen molar-refractivity contribution in [2.75, 3.05) is 36.0 Å². The van der Waals surface area contributed by atoms with E-state index in [2.05, 4.69) is 20.4 Å². The van der Waals surface area contributed by atoms with Crippen molar-refractivity contribution < 1.29 is 18.7 Å². The highest BCUT2D eigenvalue weighted by Crippen LogP contribution is 2.32. The molecule has 2 unspecified atom stereocenters. The van der Waals surface area contributed by atoms with Crippen molar-refractivity contribution in [3.05, 3.63) is 55.0 Å². The lowest BCUT2D eigenvalue weighted by molar-refractivity contribution is -0.119. The van der Waals surface area contributed by atoms with E-state index >= 15 is 4.39 Å². The average molecular weight is 465 g/mol. The Morgan fingerprint density at radius 1 is 1.29 bits per heavy atom. The second kappa shape index (κ2) is 9.08. The molecule has 0 radical (unpaired) electrons. The smallest absolute Gasteiger partial charge is 0.414 e. The molecule has 0 aliphatic carbocycles. The molecule has 5 rings (SSSR count). The summed E-state index contributed by atoms with van der Waals surface area (Å²) in [6.45, 7) is 3.17. The number of nitrogens with one attached hydrogen (secondary N) is 1. The number of carbonyl (C=O) groups excluding carboxylic acids is 2. The molecule has 0 saturated carbocycles. The van der Waals surface area contributed by atoms with Gasteiger partial charge in [-0.15, -0.1) is 0 Å². The van der Waals surface area contributed by atoms with Crippen LogP contribution in [0.25, 0.3) is 11.3 Å². The van der Waals surface area contributed by atoms with Crippen molar-refractivity contribution in [3.8, 4) is 11.3 Å². The summed E-state index contributed by atoms with van der Waals surface area (Å²) in [6, 6.07) is 6.70. The van der Waals surface area contributed by atoms with E-state index in [0.717, 1.165) is 17.7 Å². The van der Waals surface area contributed by atoms with E-state index in [4.69, 9.17) is 4.74 Å². The van der Waals surface area contributed by atoms with Crippen molar-refractivity contribution in [2.24, 2.45) is 0 Å². The van der Waals surface area contributed by atoms with Crippen LogP contribution in [0, 0.1) is 5.82 Å². The lowest BCUT2D eigenvalue weighted by Crippen LogP contribution is -2.33. The molecular formula is C23H24FN7O3. The van der Waals surface area contributed by atoms with E-state index in [1.165, 1.54) is 24.2 Å². The molecule has 2 saturated heterocycles. The predicted molar refractivity (Wildman–Crippen MR) is 122 cm³/mol. The monoisotopic (exact) mass is 465 g/mol. The highest BCUT2D eigenvalue weighted by atomic mass is 19.1. The highest BCUT2D eigenvalue weighted by molar-refractivity contribution is 5.90. The van der Waals surface area contributed by atoms with Crippen molar-refractivity contribution in [1.82, 2.24) is 25.1 Å². The highest BCUT2D eigenvalue weighted by Gasteiger charge is 2.33. The van der Waals surface area contributed by atoms with Gasteiger partial charge in [0, 0.05) is 38.0 Å². The summed E-state index contributed by atoms with van der Waals surface area (Å²) >= 11 is 0. The van der Waals surface area contributed by atoms with Gasteiger partial charge in [0.2, 0.25) is 5.91 Å². The van der Waals surface area contributed by atoms with Crippen LogP contribution in [0.2, 0.25) is 0 Å². The maximum Gasteiger partial charge on any atom is 0.414 e. The van der Waals surface area contributed by atoms with Gasteiger partial charge in [0.15, 0.2) is 0 Å². The fourth-order valence-corrected chi connectivity index (χ4v) is 4.32. The van der Waals surface area contributed by atoms with Crippen molar-refractivity contribution in [3.63, 3.8) is 0 Å². The quantitative estimate of drug-likeness (QED) is 0.596. The molecule has 34 heavy (non-hydrogen) atoms. The minimum Gasteiger partial charge on any atom is -0.442 e.